The van der Waals surface area contributed by atoms with Crippen molar-refractivity contribution >= 4 is 16.7 Å². The molecule has 112 valence electrons. The Balaban J connectivity index is 1.99. The monoisotopic (exact) mass is 301 g/mol. The summed E-state index contributed by atoms with van der Waals surface area (Å²) in [5, 5.41) is 10.7. The van der Waals surface area contributed by atoms with Gasteiger partial charge >= 0.3 is 0 Å². The number of fused-ring (bicyclic) bond motifs is 1. The largest absolute Gasteiger partial charge is 0.454 e. The number of nitro groups is 1. The van der Waals surface area contributed by atoms with Crippen LogP contribution in [0, 0.1) is 22.9 Å². The summed E-state index contributed by atoms with van der Waals surface area (Å²) in [7, 11) is 1.87. The van der Waals surface area contributed by atoms with Crippen molar-refractivity contribution < 1.29 is 14.1 Å². The summed E-state index contributed by atoms with van der Waals surface area (Å²) < 4.78 is 21.4. The van der Waals surface area contributed by atoms with E-state index in [-0.39, 0.29) is 11.4 Å². The van der Waals surface area contributed by atoms with E-state index in [2.05, 4.69) is 4.98 Å². The molecule has 3 rings (SSSR count). The van der Waals surface area contributed by atoms with Crippen molar-refractivity contribution in [3.8, 4) is 11.5 Å². The van der Waals surface area contributed by atoms with Gasteiger partial charge in [0, 0.05) is 24.7 Å². The molecule has 0 radical (unpaired) electrons. The van der Waals surface area contributed by atoms with Gasteiger partial charge in [-0.05, 0) is 19.1 Å². The zero-order valence-electron chi connectivity index (χ0n) is 11.9. The molecule has 0 aliphatic rings. The Kier molecular flexibility index (Phi) is 3.25. The van der Waals surface area contributed by atoms with E-state index in [0.29, 0.717) is 11.3 Å². The van der Waals surface area contributed by atoms with Crippen LogP contribution in [0.15, 0.2) is 36.7 Å². The molecule has 0 amide bonds. The molecule has 22 heavy (non-hydrogen) atoms. The van der Waals surface area contributed by atoms with Gasteiger partial charge in [0.05, 0.1) is 28.4 Å². The van der Waals surface area contributed by atoms with Crippen LogP contribution in [-0.4, -0.2) is 14.5 Å². The maximum absolute atomic E-state index is 14.0. The summed E-state index contributed by atoms with van der Waals surface area (Å²) >= 11 is 0. The first-order valence-electron chi connectivity index (χ1n) is 6.49. The molecule has 1 heterocycles. The minimum Gasteiger partial charge on any atom is -0.454 e. The average molecular weight is 301 g/mol. The van der Waals surface area contributed by atoms with E-state index in [4.69, 9.17) is 4.74 Å². The molecular weight excluding hydrogens is 289 g/mol. The number of hydrogen-bond donors (Lipinski definition) is 0. The molecule has 6 nitrogen and oxygen atoms in total. The fraction of sp³-hybridized carbons (Fsp3) is 0.133. The van der Waals surface area contributed by atoms with Gasteiger partial charge in [0.2, 0.25) is 0 Å². The first-order chi connectivity index (χ1) is 10.5. The van der Waals surface area contributed by atoms with Gasteiger partial charge in [-0.2, -0.15) is 0 Å². The van der Waals surface area contributed by atoms with Crippen LogP contribution in [-0.2, 0) is 7.05 Å². The third-order valence-electron chi connectivity index (χ3n) is 3.34. The van der Waals surface area contributed by atoms with Crippen molar-refractivity contribution in [1.82, 2.24) is 9.55 Å². The van der Waals surface area contributed by atoms with E-state index < -0.39 is 10.7 Å². The summed E-state index contributed by atoms with van der Waals surface area (Å²) in [4.78, 5) is 14.3. The molecule has 0 aliphatic carbocycles. The smallest absolute Gasteiger partial charge is 0.272 e. The zero-order chi connectivity index (χ0) is 15.9. The minimum absolute atomic E-state index is 0.0270. The number of ether oxygens (including phenoxy) is 1. The molecule has 0 saturated heterocycles. The highest BCUT2D eigenvalue weighted by Gasteiger charge is 2.16. The van der Waals surface area contributed by atoms with Gasteiger partial charge in [-0.1, -0.05) is 0 Å². The highest BCUT2D eigenvalue weighted by molar-refractivity contribution is 5.77. The first kappa shape index (κ1) is 14.0. The third-order valence-corrected chi connectivity index (χ3v) is 3.34. The Bertz CT molecular complexity index is 866. The molecule has 3 aromatic rings. The van der Waals surface area contributed by atoms with E-state index in [1.807, 2.05) is 17.7 Å². The van der Waals surface area contributed by atoms with E-state index in [0.717, 1.165) is 17.1 Å². The van der Waals surface area contributed by atoms with Crippen LogP contribution in [0.5, 0.6) is 11.5 Å². The van der Waals surface area contributed by atoms with Crippen molar-refractivity contribution in [1.29, 1.82) is 0 Å². The number of nitrogens with zero attached hydrogens (tertiary/aromatic N) is 3. The number of halogens is 1. The lowest BCUT2D eigenvalue weighted by Gasteiger charge is -2.10. The number of aryl methyl sites for hydroxylation is 2. The topological polar surface area (TPSA) is 70.2 Å². The molecule has 0 saturated carbocycles. The van der Waals surface area contributed by atoms with Crippen molar-refractivity contribution in [2.24, 2.45) is 7.05 Å². The predicted molar refractivity (Wildman–Crippen MR) is 78.6 cm³/mol. The van der Waals surface area contributed by atoms with E-state index in [9.17, 15) is 14.5 Å². The third kappa shape index (κ3) is 2.37. The molecule has 0 bridgehead atoms. The lowest BCUT2D eigenvalue weighted by Crippen LogP contribution is -1.96. The Labute approximate surface area is 124 Å². The summed E-state index contributed by atoms with van der Waals surface area (Å²) in [6.07, 6.45) is 1.67. The lowest BCUT2D eigenvalue weighted by molar-refractivity contribution is -0.385. The van der Waals surface area contributed by atoms with Crippen LogP contribution in [0.4, 0.5) is 10.1 Å². The van der Waals surface area contributed by atoms with Crippen molar-refractivity contribution in [2.45, 2.75) is 6.92 Å². The minimum atomic E-state index is -0.771. The summed E-state index contributed by atoms with van der Waals surface area (Å²) in [6, 6.07) is 7.33. The number of hydrogen-bond acceptors (Lipinski definition) is 4. The molecule has 0 spiro atoms. The van der Waals surface area contributed by atoms with Crippen LogP contribution < -0.4 is 4.74 Å². The standard InChI is InChI=1S/C15H12FN3O3/c1-9-5-10(19(20)21)6-12(16)15(9)22-11-3-4-14-13(7-11)17-8-18(14)2/h3-8H,1-2H3. The normalized spacial score (nSPS) is 10.9. The second kappa shape index (κ2) is 5.10. The second-order valence-electron chi connectivity index (χ2n) is 4.94. The fourth-order valence-electron chi connectivity index (χ4n) is 2.24. The average Bonchev–Trinajstić information content (AvgIpc) is 2.83. The molecule has 0 atom stereocenters. The highest BCUT2D eigenvalue weighted by atomic mass is 19.1. The van der Waals surface area contributed by atoms with Gasteiger partial charge < -0.3 is 9.30 Å². The molecule has 0 fully saturated rings. The van der Waals surface area contributed by atoms with Crippen LogP contribution in [0.2, 0.25) is 0 Å². The predicted octanol–water partition coefficient (Wildman–Crippen LogP) is 3.72. The second-order valence-corrected chi connectivity index (χ2v) is 4.94. The van der Waals surface area contributed by atoms with Crippen LogP contribution in [0.25, 0.3) is 11.0 Å². The quantitative estimate of drug-likeness (QED) is 0.546. The maximum atomic E-state index is 14.0. The molecule has 0 N–H and O–H groups in total. The van der Waals surface area contributed by atoms with Crippen LogP contribution in [0.3, 0.4) is 0 Å². The highest BCUT2D eigenvalue weighted by Crippen LogP contribution is 2.32. The van der Waals surface area contributed by atoms with Crippen LogP contribution in [0.1, 0.15) is 5.56 Å². The van der Waals surface area contributed by atoms with Gasteiger partial charge in [0.15, 0.2) is 11.6 Å². The van der Waals surface area contributed by atoms with E-state index >= 15 is 0 Å². The van der Waals surface area contributed by atoms with Crippen molar-refractivity contribution in [3.63, 3.8) is 0 Å². The fourth-order valence-corrected chi connectivity index (χ4v) is 2.24. The molecule has 1 aromatic heterocycles. The van der Waals surface area contributed by atoms with Crippen molar-refractivity contribution in [2.75, 3.05) is 0 Å². The summed E-state index contributed by atoms with van der Waals surface area (Å²) in [5.74, 6) is -0.379. The zero-order valence-corrected chi connectivity index (χ0v) is 11.9. The molecule has 0 unspecified atom stereocenters. The first-order valence-corrected chi connectivity index (χ1v) is 6.49. The van der Waals surface area contributed by atoms with Gasteiger partial charge in [-0.25, -0.2) is 9.37 Å². The number of rotatable bonds is 3. The Morgan fingerprint density at radius 3 is 2.77 bits per heavy atom. The Morgan fingerprint density at radius 1 is 1.32 bits per heavy atom. The Hall–Kier alpha value is -2.96. The van der Waals surface area contributed by atoms with E-state index in [1.165, 1.54) is 6.07 Å². The van der Waals surface area contributed by atoms with Gasteiger partial charge in [0.1, 0.15) is 5.75 Å². The SMILES string of the molecule is Cc1cc([N+](=O)[O-])cc(F)c1Oc1ccc2c(c1)ncn2C. The van der Waals surface area contributed by atoms with E-state index in [1.54, 1.807) is 25.4 Å². The molecular formula is C15H12FN3O3. The Morgan fingerprint density at radius 2 is 2.09 bits per heavy atom. The van der Waals surface area contributed by atoms with Gasteiger partial charge in [-0.15, -0.1) is 0 Å². The number of aromatic nitrogens is 2. The van der Waals surface area contributed by atoms with Gasteiger partial charge in [0.25, 0.3) is 5.69 Å². The number of benzene rings is 2. The summed E-state index contributed by atoms with van der Waals surface area (Å²) in [6.45, 7) is 1.56. The molecule has 0 aliphatic heterocycles. The lowest BCUT2D eigenvalue weighted by atomic mass is 10.2. The van der Waals surface area contributed by atoms with Crippen molar-refractivity contribution in [3.05, 3.63) is 58.2 Å². The van der Waals surface area contributed by atoms with Crippen LogP contribution >= 0.6 is 0 Å². The summed E-state index contributed by atoms with van der Waals surface area (Å²) in [5.41, 5.74) is 1.70. The number of nitro benzene ring substituents is 1. The number of non-ortho nitro benzene ring substituents is 1. The van der Waals surface area contributed by atoms with Gasteiger partial charge in [-0.3, -0.25) is 10.1 Å². The number of imidazole rings is 1. The molecule has 7 heteroatoms. The molecule has 2 aromatic carbocycles. The maximum Gasteiger partial charge on any atom is 0.272 e.